The molecule has 16 heavy (non-hydrogen) atoms. The third-order valence-electron chi connectivity index (χ3n) is 1.98. The van der Waals surface area contributed by atoms with Crippen molar-refractivity contribution in [2.24, 2.45) is 0 Å². The molecule has 3 nitrogen and oxygen atoms in total. The number of rotatable bonds is 5. The number of ether oxygens (including phenoxy) is 1. The van der Waals surface area contributed by atoms with Crippen LogP contribution in [0.1, 0.15) is 19.4 Å². The lowest BCUT2D eigenvalue weighted by molar-refractivity contribution is 0.0284. The molecule has 1 aromatic carbocycles. The molecule has 0 radical (unpaired) electrons. The Morgan fingerprint density at radius 3 is 2.69 bits per heavy atom. The minimum atomic E-state index is -0.809. The van der Waals surface area contributed by atoms with Crippen molar-refractivity contribution in [2.75, 3.05) is 13.7 Å². The molecule has 2 N–H and O–H groups in total. The summed E-state index contributed by atoms with van der Waals surface area (Å²) < 4.78 is 6.57. The number of hydrogen-bond acceptors (Lipinski definition) is 3. The van der Waals surface area contributed by atoms with Gasteiger partial charge in [-0.05, 0) is 44.7 Å². The maximum atomic E-state index is 9.56. The first-order valence-electron chi connectivity index (χ1n) is 5.20. The maximum absolute atomic E-state index is 9.56. The Morgan fingerprint density at radius 1 is 1.44 bits per heavy atom. The maximum Gasteiger partial charge on any atom is 0.119 e. The van der Waals surface area contributed by atoms with E-state index in [1.54, 1.807) is 13.8 Å². The summed E-state index contributed by atoms with van der Waals surface area (Å²) in [5.41, 5.74) is 0.326. The first kappa shape index (κ1) is 13.5. The summed E-state index contributed by atoms with van der Waals surface area (Å²) in [5, 5.41) is 12.6. The van der Waals surface area contributed by atoms with Crippen LogP contribution in [-0.2, 0) is 6.54 Å². The molecule has 1 rings (SSSR count). The molecule has 0 unspecified atom stereocenters. The van der Waals surface area contributed by atoms with E-state index in [2.05, 4.69) is 21.2 Å². The highest BCUT2D eigenvalue weighted by Crippen LogP contribution is 2.23. The summed E-state index contributed by atoms with van der Waals surface area (Å²) in [6, 6.07) is 5.80. The Morgan fingerprint density at radius 2 is 2.12 bits per heavy atom. The van der Waals surface area contributed by atoms with E-state index in [1.807, 2.05) is 25.2 Å². The average Bonchev–Trinajstić information content (AvgIpc) is 2.18. The van der Waals surface area contributed by atoms with Gasteiger partial charge in [0.15, 0.2) is 0 Å². The van der Waals surface area contributed by atoms with Crippen molar-refractivity contribution in [1.29, 1.82) is 0 Å². The number of halogens is 1. The molecule has 90 valence electrons. The van der Waals surface area contributed by atoms with Crippen LogP contribution in [-0.4, -0.2) is 24.4 Å². The van der Waals surface area contributed by atoms with E-state index in [9.17, 15) is 5.11 Å². The predicted molar refractivity (Wildman–Crippen MR) is 68.7 cm³/mol. The third-order valence-corrected chi connectivity index (χ3v) is 2.75. The van der Waals surface area contributed by atoms with E-state index in [-0.39, 0.29) is 6.61 Å². The van der Waals surface area contributed by atoms with Gasteiger partial charge in [-0.1, -0.05) is 15.9 Å². The van der Waals surface area contributed by atoms with Crippen molar-refractivity contribution >= 4 is 15.9 Å². The molecule has 0 aliphatic heterocycles. The molecule has 0 aliphatic rings. The monoisotopic (exact) mass is 287 g/mol. The van der Waals surface area contributed by atoms with Crippen LogP contribution in [0, 0.1) is 0 Å². The van der Waals surface area contributed by atoms with Crippen LogP contribution in [0.4, 0.5) is 0 Å². The second kappa shape index (κ2) is 5.66. The van der Waals surface area contributed by atoms with E-state index in [4.69, 9.17) is 4.74 Å². The molecule has 0 bridgehead atoms. The van der Waals surface area contributed by atoms with Gasteiger partial charge in [-0.3, -0.25) is 0 Å². The van der Waals surface area contributed by atoms with Crippen molar-refractivity contribution in [2.45, 2.75) is 26.0 Å². The van der Waals surface area contributed by atoms with Gasteiger partial charge in [0, 0.05) is 11.0 Å². The number of benzene rings is 1. The summed E-state index contributed by atoms with van der Waals surface area (Å²) in [6.45, 7) is 4.51. The highest BCUT2D eigenvalue weighted by atomic mass is 79.9. The van der Waals surface area contributed by atoms with Gasteiger partial charge in [-0.25, -0.2) is 0 Å². The van der Waals surface area contributed by atoms with Crippen LogP contribution in [0.5, 0.6) is 5.75 Å². The highest BCUT2D eigenvalue weighted by molar-refractivity contribution is 9.10. The number of nitrogens with one attached hydrogen (secondary N) is 1. The van der Waals surface area contributed by atoms with Gasteiger partial charge in [0.25, 0.3) is 0 Å². The zero-order valence-electron chi connectivity index (χ0n) is 9.88. The molecule has 4 heteroatoms. The van der Waals surface area contributed by atoms with Crippen LogP contribution in [0.15, 0.2) is 22.7 Å². The second-order valence-corrected chi connectivity index (χ2v) is 5.24. The molecule has 0 aromatic heterocycles. The standard InChI is InChI=1S/C12H18BrNO2/c1-12(2,15)8-16-10-4-5-11(13)9(6-10)7-14-3/h4-6,14-15H,7-8H2,1-3H3. The lowest BCUT2D eigenvalue weighted by Crippen LogP contribution is -2.27. The Kier molecular flexibility index (Phi) is 4.77. The van der Waals surface area contributed by atoms with Crippen LogP contribution >= 0.6 is 15.9 Å². The summed E-state index contributed by atoms with van der Waals surface area (Å²) in [6.07, 6.45) is 0. The zero-order chi connectivity index (χ0) is 12.2. The van der Waals surface area contributed by atoms with E-state index in [0.717, 1.165) is 22.3 Å². The lowest BCUT2D eigenvalue weighted by atomic mass is 10.1. The third kappa shape index (κ3) is 4.51. The smallest absolute Gasteiger partial charge is 0.119 e. The van der Waals surface area contributed by atoms with Gasteiger partial charge in [0.1, 0.15) is 12.4 Å². The summed E-state index contributed by atoms with van der Waals surface area (Å²) in [7, 11) is 1.90. The van der Waals surface area contributed by atoms with Crippen LogP contribution in [0.3, 0.4) is 0 Å². The molecule has 0 heterocycles. The molecule has 0 amide bonds. The largest absolute Gasteiger partial charge is 0.491 e. The van der Waals surface area contributed by atoms with E-state index < -0.39 is 5.60 Å². The summed E-state index contributed by atoms with van der Waals surface area (Å²) in [5.74, 6) is 0.774. The second-order valence-electron chi connectivity index (χ2n) is 4.38. The molecule has 0 saturated heterocycles. The Balaban J connectivity index is 2.71. The van der Waals surface area contributed by atoms with E-state index in [1.165, 1.54) is 0 Å². The molecule has 1 aromatic rings. The van der Waals surface area contributed by atoms with Gasteiger partial charge >= 0.3 is 0 Å². The predicted octanol–water partition coefficient (Wildman–Crippen LogP) is 2.32. The molecule has 0 aliphatic carbocycles. The van der Waals surface area contributed by atoms with Gasteiger partial charge in [0.05, 0.1) is 5.60 Å². The topological polar surface area (TPSA) is 41.5 Å². The van der Waals surface area contributed by atoms with Crippen molar-refractivity contribution in [1.82, 2.24) is 5.32 Å². The van der Waals surface area contributed by atoms with Gasteiger partial charge in [-0.2, -0.15) is 0 Å². The molecule has 0 fully saturated rings. The Hall–Kier alpha value is -0.580. The van der Waals surface area contributed by atoms with E-state index in [0.29, 0.717) is 0 Å². The molecular weight excluding hydrogens is 270 g/mol. The quantitative estimate of drug-likeness (QED) is 0.873. The Bertz CT molecular complexity index is 347. The molecular formula is C12H18BrNO2. The van der Waals surface area contributed by atoms with E-state index >= 15 is 0 Å². The fraction of sp³-hybridized carbons (Fsp3) is 0.500. The number of hydrogen-bond donors (Lipinski definition) is 2. The van der Waals surface area contributed by atoms with Crippen molar-refractivity contribution < 1.29 is 9.84 Å². The minimum Gasteiger partial charge on any atom is -0.491 e. The van der Waals surface area contributed by atoms with Gasteiger partial charge in [-0.15, -0.1) is 0 Å². The van der Waals surface area contributed by atoms with Crippen molar-refractivity contribution in [3.05, 3.63) is 28.2 Å². The van der Waals surface area contributed by atoms with Crippen LogP contribution < -0.4 is 10.1 Å². The zero-order valence-corrected chi connectivity index (χ0v) is 11.5. The fourth-order valence-corrected chi connectivity index (χ4v) is 1.61. The Labute approximate surface area is 105 Å². The summed E-state index contributed by atoms with van der Waals surface area (Å²) in [4.78, 5) is 0. The highest BCUT2D eigenvalue weighted by Gasteiger charge is 2.13. The first-order valence-corrected chi connectivity index (χ1v) is 6.00. The fourth-order valence-electron chi connectivity index (χ4n) is 1.23. The van der Waals surface area contributed by atoms with Gasteiger partial charge in [0.2, 0.25) is 0 Å². The normalized spacial score (nSPS) is 11.6. The minimum absolute atomic E-state index is 0.285. The molecule has 0 spiro atoms. The van der Waals surface area contributed by atoms with Crippen molar-refractivity contribution in [3.63, 3.8) is 0 Å². The molecule has 0 saturated carbocycles. The van der Waals surface area contributed by atoms with Crippen LogP contribution in [0.2, 0.25) is 0 Å². The van der Waals surface area contributed by atoms with Gasteiger partial charge < -0.3 is 15.2 Å². The first-order chi connectivity index (χ1) is 7.42. The average molecular weight is 288 g/mol. The lowest BCUT2D eigenvalue weighted by Gasteiger charge is -2.18. The SMILES string of the molecule is CNCc1cc(OCC(C)(C)O)ccc1Br. The van der Waals surface area contributed by atoms with Crippen molar-refractivity contribution in [3.8, 4) is 5.75 Å². The molecule has 0 atom stereocenters. The van der Waals surface area contributed by atoms with Crippen LogP contribution in [0.25, 0.3) is 0 Å². The summed E-state index contributed by atoms with van der Waals surface area (Å²) >= 11 is 3.48. The number of aliphatic hydroxyl groups is 1.